The number of nitrogens with one attached hydrogen (secondary N) is 3. The monoisotopic (exact) mass is 383 g/mol. The molecule has 0 bridgehead atoms. The Balaban J connectivity index is 1.90. The predicted octanol–water partition coefficient (Wildman–Crippen LogP) is 4.64. The number of amides is 2. The molecule has 0 aliphatic rings. The van der Waals surface area contributed by atoms with E-state index in [0.29, 0.717) is 23.4 Å². The Hall–Kier alpha value is -2.73. The SMILES string of the molecule is CCCCCC(=O)Nc1cccc(NC(=S)NC(=O)c2cccc(C)c2)c1. The van der Waals surface area contributed by atoms with Gasteiger partial charge in [-0.1, -0.05) is 43.5 Å². The van der Waals surface area contributed by atoms with Crippen LogP contribution in [0.3, 0.4) is 0 Å². The summed E-state index contributed by atoms with van der Waals surface area (Å²) in [6.07, 6.45) is 3.52. The summed E-state index contributed by atoms with van der Waals surface area (Å²) in [6, 6.07) is 14.5. The van der Waals surface area contributed by atoms with Gasteiger partial charge in [-0.05, 0) is 55.9 Å². The van der Waals surface area contributed by atoms with Crippen LogP contribution in [0.1, 0.15) is 48.5 Å². The minimum Gasteiger partial charge on any atom is -0.332 e. The number of unbranched alkanes of at least 4 members (excludes halogenated alkanes) is 2. The minimum atomic E-state index is -0.267. The lowest BCUT2D eigenvalue weighted by Gasteiger charge is -2.11. The normalized spacial score (nSPS) is 10.1. The fraction of sp³-hybridized carbons (Fsp3) is 0.286. The third-order valence-corrected chi connectivity index (χ3v) is 4.12. The minimum absolute atomic E-state index is 0.00377. The zero-order valence-corrected chi connectivity index (χ0v) is 16.5. The second-order valence-electron chi connectivity index (χ2n) is 6.36. The first-order valence-corrected chi connectivity index (χ1v) is 9.47. The second kappa shape index (κ2) is 10.4. The molecule has 142 valence electrons. The highest BCUT2D eigenvalue weighted by molar-refractivity contribution is 7.80. The van der Waals surface area contributed by atoms with Crippen molar-refractivity contribution in [3.8, 4) is 0 Å². The van der Waals surface area contributed by atoms with Crippen LogP contribution in [0.15, 0.2) is 48.5 Å². The maximum atomic E-state index is 12.2. The first kappa shape index (κ1) is 20.6. The Morgan fingerprint density at radius 2 is 1.67 bits per heavy atom. The van der Waals surface area contributed by atoms with Crippen LogP contribution in [0.2, 0.25) is 0 Å². The average Bonchev–Trinajstić information content (AvgIpc) is 2.62. The number of hydrogen-bond acceptors (Lipinski definition) is 3. The van der Waals surface area contributed by atoms with Gasteiger partial charge < -0.3 is 10.6 Å². The summed E-state index contributed by atoms with van der Waals surface area (Å²) >= 11 is 5.22. The lowest BCUT2D eigenvalue weighted by atomic mass is 10.1. The molecule has 0 fully saturated rings. The van der Waals surface area contributed by atoms with E-state index in [9.17, 15) is 9.59 Å². The molecule has 0 saturated carbocycles. The Kier molecular flexibility index (Phi) is 7.95. The van der Waals surface area contributed by atoms with Crippen LogP contribution < -0.4 is 16.0 Å². The van der Waals surface area contributed by atoms with Crippen LogP contribution in [-0.4, -0.2) is 16.9 Å². The van der Waals surface area contributed by atoms with Crippen LogP contribution in [0, 0.1) is 6.92 Å². The highest BCUT2D eigenvalue weighted by Crippen LogP contribution is 2.16. The molecule has 6 heteroatoms. The summed E-state index contributed by atoms with van der Waals surface area (Å²) in [5.74, 6) is -0.271. The largest absolute Gasteiger partial charge is 0.332 e. The van der Waals surface area contributed by atoms with Crippen molar-refractivity contribution in [3.05, 3.63) is 59.7 Å². The molecule has 0 aliphatic carbocycles. The Morgan fingerprint density at radius 1 is 0.963 bits per heavy atom. The lowest BCUT2D eigenvalue weighted by molar-refractivity contribution is -0.116. The van der Waals surface area contributed by atoms with Crippen molar-refractivity contribution in [1.82, 2.24) is 5.32 Å². The zero-order valence-electron chi connectivity index (χ0n) is 15.7. The molecular formula is C21H25N3O2S. The fourth-order valence-electron chi connectivity index (χ4n) is 2.56. The van der Waals surface area contributed by atoms with Crippen LogP contribution in [0.5, 0.6) is 0 Å². The van der Waals surface area contributed by atoms with E-state index in [1.807, 2.05) is 37.3 Å². The highest BCUT2D eigenvalue weighted by Gasteiger charge is 2.09. The Bertz CT molecular complexity index is 821. The van der Waals surface area contributed by atoms with Crippen molar-refractivity contribution in [1.29, 1.82) is 0 Å². The van der Waals surface area contributed by atoms with E-state index < -0.39 is 0 Å². The number of hydrogen-bond donors (Lipinski definition) is 3. The van der Waals surface area contributed by atoms with Crippen LogP contribution in [-0.2, 0) is 4.79 Å². The smallest absolute Gasteiger partial charge is 0.257 e. The number of thiocarbonyl (C=S) groups is 1. The van der Waals surface area contributed by atoms with Gasteiger partial charge in [0.2, 0.25) is 5.91 Å². The maximum Gasteiger partial charge on any atom is 0.257 e. The van der Waals surface area contributed by atoms with Crippen LogP contribution in [0.25, 0.3) is 0 Å². The molecule has 2 rings (SSSR count). The lowest BCUT2D eigenvalue weighted by Crippen LogP contribution is -2.34. The van der Waals surface area contributed by atoms with Crippen molar-refractivity contribution in [3.63, 3.8) is 0 Å². The van der Waals surface area contributed by atoms with Crippen LogP contribution in [0.4, 0.5) is 11.4 Å². The van der Waals surface area contributed by atoms with E-state index >= 15 is 0 Å². The molecule has 0 unspecified atom stereocenters. The molecule has 0 radical (unpaired) electrons. The van der Waals surface area contributed by atoms with Gasteiger partial charge in [0.1, 0.15) is 0 Å². The van der Waals surface area contributed by atoms with Gasteiger partial charge in [0.05, 0.1) is 0 Å². The van der Waals surface area contributed by atoms with Gasteiger partial charge in [-0.25, -0.2) is 0 Å². The molecule has 0 atom stereocenters. The molecule has 5 nitrogen and oxygen atoms in total. The summed E-state index contributed by atoms with van der Waals surface area (Å²) in [4.78, 5) is 24.2. The summed E-state index contributed by atoms with van der Waals surface area (Å²) < 4.78 is 0. The molecule has 0 saturated heterocycles. The van der Waals surface area contributed by atoms with Crippen molar-refractivity contribution in [2.75, 3.05) is 10.6 Å². The van der Waals surface area contributed by atoms with E-state index in [-0.39, 0.29) is 16.9 Å². The molecule has 0 heterocycles. The van der Waals surface area contributed by atoms with Gasteiger partial charge in [-0.15, -0.1) is 0 Å². The van der Waals surface area contributed by atoms with E-state index in [2.05, 4.69) is 22.9 Å². The first-order chi connectivity index (χ1) is 13.0. The van der Waals surface area contributed by atoms with Crippen molar-refractivity contribution >= 4 is 40.5 Å². The van der Waals surface area contributed by atoms with Crippen molar-refractivity contribution in [2.45, 2.75) is 39.5 Å². The number of aryl methyl sites for hydroxylation is 1. The van der Waals surface area contributed by atoms with Gasteiger partial charge in [0.15, 0.2) is 5.11 Å². The quantitative estimate of drug-likeness (QED) is 0.481. The number of anilines is 2. The molecular weight excluding hydrogens is 358 g/mol. The number of carbonyl (C=O) groups is 2. The molecule has 2 aromatic rings. The first-order valence-electron chi connectivity index (χ1n) is 9.07. The second-order valence-corrected chi connectivity index (χ2v) is 6.77. The summed E-state index contributed by atoms with van der Waals surface area (Å²) in [6.45, 7) is 4.03. The number of carbonyl (C=O) groups excluding carboxylic acids is 2. The third kappa shape index (κ3) is 7.19. The molecule has 0 aliphatic heterocycles. The number of rotatable bonds is 7. The molecule has 0 aromatic heterocycles. The molecule has 2 amide bonds. The fourth-order valence-corrected chi connectivity index (χ4v) is 2.77. The zero-order chi connectivity index (χ0) is 19.6. The Morgan fingerprint density at radius 3 is 2.37 bits per heavy atom. The van der Waals surface area contributed by atoms with Gasteiger partial charge in [0.25, 0.3) is 5.91 Å². The standard InChI is InChI=1S/C21H25N3O2S/c1-3-4-5-12-19(25)22-17-10-7-11-18(14-17)23-21(27)24-20(26)16-9-6-8-15(2)13-16/h6-11,13-14H,3-5,12H2,1-2H3,(H,22,25)(H2,23,24,26,27). The summed E-state index contributed by atoms with van der Waals surface area (Å²) in [7, 11) is 0. The molecule has 27 heavy (non-hydrogen) atoms. The molecule has 2 aromatic carbocycles. The Labute approximate surface area is 165 Å². The highest BCUT2D eigenvalue weighted by atomic mass is 32.1. The molecule has 3 N–H and O–H groups in total. The van der Waals surface area contributed by atoms with Crippen LogP contribution >= 0.6 is 12.2 Å². The van der Waals surface area contributed by atoms with Gasteiger partial charge in [0, 0.05) is 23.4 Å². The van der Waals surface area contributed by atoms with E-state index in [0.717, 1.165) is 24.8 Å². The average molecular weight is 384 g/mol. The van der Waals surface area contributed by atoms with E-state index in [1.165, 1.54) is 0 Å². The van der Waals surface area contributed by atoms with Crippen molar-refractivity contribution < 1.29 is 9.59 Å². The number of benzene rings is 2. The summed E-state index contributed by atoms with van der Waals surface area (Å²) in [5.41, 5.74) is 2.93. The van der Waals surface area contributed by atoms with Gasteiger partial charge in [-0.3, -0.25) is 14.9 Å². The van der Waals surface area contributed by atoms with Crippen molar-refractivity contribution in [2.24, 2.45) is 0 Å². The maximum absolute atomic E-state index is 12.2. The van der Waals surface area contributed by atoms with Gasteiger partial charge in [-0.2, -0.15) is 0 Å². The van der Waals surface area contributed by atoms with E-state index in [4.69, 9.17) is 12.2 Å². The molecule has 0 spiro atoms. The third-order valence-electron chi connectivity index (χ3n) is 3.92. The topological polar surface area (TPSA) is 70.2 Å². The predicted molar refractivity (Wildman–Crippen MR) is 114 cm³/mol. The summed E-state index contributed by atoms with van der Waals surface area (Å²) in [5, 5.41) is 8.71. The van der Waals surface area contributed by atoms with E-state index in [1.54, 1.807) is 18.2 Å². The van der Waals surface area contributed by atoms with Gasteiger partial charge >= 0.3 is 0 Å².